The molecule has 134 valence electrons. The molecule has 0 radical (unpaired) electrons. The lowest BCUT2D eigenvalue weighted by Gasteiger charge is -2.35. The minimum atomic E-state index is -0.472. The van der Waals surface area contributed by atoms with Gasteiger partial charge in [0.1, 0.15) is 11.4 Å². The molecule has 5 nitrogen and oxygen atoms in total. The summed E-state index contributed by atoms with van der Waals surface area (Å²) in [5.41, 5.74) is 0.594. The van der Waals surface area contributed by atoms with Crippen LogP contribution in [0, 0.1) is 5.92 Å². The molecular weight excluding hydrogens is 306 g/mol. The lowest BCUT2D eigenvalue weighted by atomic mass is 9.88. The van der Waals surface area contributed by atoms with Gasteiger partial charge < -0.3 is 19.5 Å². The van der Waals surface area contributed by atoms with Gasteiger partial charge in [0.2, 0.25) is 0 Å². The number of carbonyl (C=O) groups excluding carboxylic acids is 1. The van der Waals surface area contributed by atoms with Crippen molar-refractivity contribution in [2.24, 2.45) is 5.92 Å². The second-order valence-corrected chi connectivity index (χ2v) is 7.43. The maximum atomic E-state index is 12.1. The normalized spacial score (nSPS) is 17.5. The summed E-state index contributed by atoms with van der Waals surface area (Å²) in [5, 5.41) is 10.5. The van der Waals surface area contributed by atoms with Gasteiger partial charge in [0.05, 0.1) is 13.2 Å². The number of piperidine rings is 1. The largest absolute Gasteiger partial charge is 0.497 e. The number of nitrogens with zero attached hydrogens (tertiary/aromatic N) is 1. The van der Waals surface area contributed by atoms with E-state index in [2.05, 4.69) is 0 Å². The summed E-state index contributed by atoms with van der Waals surface area (Å²) in [4.78, 5) is 13.8. The Morgan fingerprint density at radius 3 is 2.58 bits per heavy atom. The van der Waals surface area contributed by atoms with Gasteiger partial charge in [0.25, 0.3) is 0 Å². The third kappa shape index (κ3) is 5.41. The smallest absolute Gasteiger partial charge is 0.410 e. The van der Waals surface area contributed by atoms with Gasteiger partial charge in [-0.1, -0.05) is 12.1 Å². The lowest BCUT2D eigenvalue weighted by Crippen LogP contribution is -2.43. The number of benzene rings is 1. The quantitative estimate of drug-likeness (QED) is 0.917. The molecule has 1 fully saturated rings. The summed E-state index contributed by atoms with van der Waals surface area (Å²) >= 11 is 0. The predicted molar refractivity (Wildman–Crippen MR) is 93.2 cm³/mol. The highest BCUT2D eigenvalue weighted by atomic mass is 16.6. The van der Waals surface area contributed by atoms with Crippen LogP contribution >= 0.6 is 0 Å². The molecule has 24 heavy (non-hydrogen) atoms. The van der Waals surface area contributed by atoms with Gasteiger partial charge in [-0.05, 0) is 63.6 Å². The minimum Gasteiger partial charge on any atom is -0.497 e. The van der Waals surface area contributed by atoms with E-state index in [0.29, 0.717) is 19.5 Å². The lowest BCUT2D eigenvalue weighted by molar-refractivity contribution is 0.00799. The molecule has 0 spiro atoms. The van der Waals surface area contributed by atoms with Gasteiger partial charge in [-0.25, -0.2) is 4.79 Å². The average molecular weight is 335 g/mol. The molecule has 0 aromatic heterocycles. The van der Waals surface area contributed by atoms with Crippen molar-refractivity contribution in [1.29, 1.82) is 0 Å². The molecule has 1 aromatic rings. The molecule has 1 unspecified atom stereocenters. The van der Waals surface area contributed by atoms with Crippen LogP contribution in [0.15, 0.2) is 24.3 Å². The van der Waals surface area contributed by atoms with Crippen molar-refractivity contribution >= 4 is 6.09 Å². The van der Waals surface area contributed by atoms with E-state index in [1.807, 2.05) is 45.0 Å². The molecular formula is C19H29NO4. The Hall–Kier alpha value is -1.75. The number of methoxy groups -OCH3 is 1. The van der Waals surface area contributed by atoms with Crippen LogP contribution in [0.5, 0.6) is 5.75 Å². The summed E-state index contributed by atoms with van der Waals surface area (Å²) in [6.07, 6.45) is 1.53. The molecule has 1 heterocycles. The number of aliphatic hydroxyl groups is 1. The first-order valence-corrected chi connectivity index (χ1v) is 8.57. The first-order valence-electron chi connectivity index (χ1n) is 8.57. The van der Waals surface area contributed by atoms with Crippen LogP contribution in [0.3, 0.4) is 0 Å². The Bertz CT molecular complexity index is 545. The summed E-state index contributed by atoms with van der Waals surface area (Å²) in [5.74, 6) is 1.01. The molecule has 0 aliphatic carbocycles. The summed E-state index contributed by atoms with van der Waals surface area (Å²) < 4.78 is 10.6. The van der Waals surface area contributed by atoms with Crippen molar-refractivity contribution in [2.75, 3.05) is 20.2 Å². The Labute approximate surface area is 144 Å². The third-order valence-corrected chi connectivity index (χ3v) is 4.31. The molecule has 2 rings (SSSR count). The van der Waals surface area contributed by atoms with Gasteiger partial charge >= 0.3 is 6.09 Å². The van der Waals surface area contributed by atoms with Gasteiger partial charge in [-0.15, -0.1) is 0 Å². The fraction of sp³-hybridized carbons (Fsp3) is 0.632. The van der Waals surface area contributed by atoms with E-state index in [-0.39, 0.29) is 12.0 Å². The Kier molecular flexibility index (Phi) is 6.10. The maximum absolute atomic E-state index is 12.1. The number of amides is 1. The topological polar surface area (TPSA) is 59.0 Å². The molecule has 0 bridgehead atoms. The average Bonchev–Trinajstić information content (AvgIpc) is 2.53. The zero-order valence-corrected chi connectivity index (χ0v) is 15.1. The van der Waals surface area contributed by atoms with Crippen molar-refractivity contribution in [2.45, 2.75) is 51.7 Å². The van der Waals surface area contributed by atoms with Crippen molar-refractivity contribution in [3.8, 4) is 5.75 Å². The summed E-state index contributed by atoms with van der Waals surface area (Å²) in [6.45, 7) is 6.88. The van der Waals surface area contributed by atoms with Crippen molar-refractivity contribution in [3.05, 3.63) is 29.8 Å². The Balaban J connectivity index is 1.84. The maximum Gasteiger partial charge on any atom is 0.410 e. The third-order valence-electron chi connectivity index (χ3n) is 4.31. The first-order chi connectivity index (χ1) is 11.3. The SMILES string of the molecule is COc1cccc(CC(O)C2CCN(C(=O)OC(C)(C)C)CC2)c1. The summed E-state index contributed by atoms with van der Waals surface area (Å²) in [6, 6.07) is 7.79. The van der Waals surface area contributed by atoms with E-state index < -0.39 is 11.7 Å². The number of hydrogen-bond donors (Lipinski definition) is 1. The molecule has 0 saturated carbocycles. The van der Waals surface area contributed by atoms with Crippen molar-refractivity contribution < 1.29 is 19.4 Å². The number of ether oxygens (including phenoxy) is 2. The molecule has 1 aliphatic heterocycles. The molecule has 1 N–H and O–H groups in total. The molecule has 1 saturated heterocycles. The fourth-order valence-corrected chi connectivity index (χ4v) is 3.00. The number of likely N-dealkylation sites (tertiary alicyclic amines) is 1. The first kappa shape index (κ1) is 18.6. The highest BCUT2D eigenvalue weighted by Crippen LogP contribution is 2.25. The number of aliphatic hydroxyl groups excluding tert-OH is 1. The molecule has 5 heteroatoms. The monoisotopic (exact) mass is 335 g/mol. The van der Waals surface area contributed by atoms with E-state index in [9.17, 15) is 9.90 Å². The van der Waals surface area contributed by atoms with Crippen LogP contribution < -0.4 is 4.74 Å². The second-order valence-electron chi connectivity index (χ2n) is 7.43. The van der Waals surface area contributed by atoms with E-state index in [0.717, 1.165) is 24.2 Å². The molecule has 1 aromatic carbocycles. The van der Waals surface area contributed by atoms with Crippen molar-refractivity contribution in [1.82, 2.24) is 4.90 Å². The van der Waals surface area contributed by atoms with E-state index >= 15 is 0 Å². The second kappa shape index (κ2) is 7.88. The van der Waals surface area contributed by atoms with E-state index in [1.54, 1.807) is 12.0 Å². The number of hydrogen-bond acceptors (Lipinski definition) is 4. The van der Waals surface area contributed by atoms with Crippen LogP contribution in [0.4, 0.5) is 4.79 Å². The van der Waals surface area contributed by atoms with Gasteiger partial charge in [0.15, 0.2) is 0 Å². The fourth-order valence-electron chi connectivity index (χ4n) is 3.00. The zero-order valence-electron chi connectivity index (χ0n) is 15.1. The van der Waals surface area contributed by atoms with Crippen molar-refractivity contribution in [3.63, 3.8) is 0 Å². The van der Waals surface area contributed by atoms with Gasteiger partial charge in [-0.3, -0.25) is 0 Å². The van der Waals surface area contributed by atoms with Gasteiger partial charge in [-0.2, -0.15) is 0 Å². The Morgan fingerprint density at radius 1 is 1.33 bits per heavy atom. The van der Waals surface area contributed by atoms with Crippen LogP contribution in [-0.2, 0) is 11.2 Å². The van der Waals surface area contributed by atoms with Gasteiger partial charge in [0, 0.05) is 13.1 Å². The van der Waals surface area contributed by atoms with Crippen LogP contribution in [0.25, 0.3) is 0 Å². The summed E-state index contributed by atoms with van der Waals surface area (Å²) in [7, 11) is 1.64. The standard InChI is InChI=1S/C19H29NO4/c1-19(2,3)24-18(22)20-10-8-15(9-11-20)17(21)13-14-6-5-7-16(12-14)23-4/h5-7,12,15,17,21H,8-11,13H2,1-4H3. The minimum absolute atomic E-state index is 0.204. The Morgan fingerprint density at radius 2 is 2.00 bits per heavy atom. The van der Waals surface area contributed by atoms with E-state index in [1.165, 1.54) is 0 Å². The molecule has 1 aliphatic rings. The highest BCUT2D eigenvalue weighted by Gasteiger charge is 2.29. The van der Waals surface area contributed by atoms with Crippen LogP contribution in [-0.4, -0.2) is 48.0 Å². The number of rotatable bonds is 4. The molecule has 1 amide bonds. The van der Waals surface area contributed by atoms with E-state index in [4.69, 9.17) is 9.47 Å². The van der Waals surface area contributed by atoms with Crippen LogP contribution in [0.1, 0.15) is 39.2 Å². The highest BCUT2D eigenvalue weighted by molar-refractivity contribution is 5.68. The number of carbonyl (C=O) groups is 1. The molecule has 1 atom stereocenters. The predicted octanol–water partition coefficient (Wildman–Crippen LogP) is 3.25. The zero-order chi connectivity index (χ0) is 17.7. The van der Waals surface area contributed by atoms with Crippen LogP contribution in [0.2, 0.25) is 0 Å².